The Morgan fingerprint density at radius 1 is 1.33 bits per heavy atom. The van der Waals surface area contributed by atoms with Crippen LogP contribution in [0.5, 0.6) is 11.6 Å². The summed E-state index contributed by atoms with van der Waals surface area (Å²) in [4.78, 5) is 15.6. The highest BCUT2D eigenvalue weighted by atomic mass is 79.9. The molecule has 0 saturated heterocycles. The molecule has 2 rings (SSSR count). The van der Waals surface area contributed by atoms with Gasteiger partial charge in [0.15, 0.2) is 0 Å². The maximum atomic E-state index is 11.4. The molecule has 1 aromatic carbocycles. The van der Waals surface area contributed by atoms with Gasteiger partial charge < -0.3 is 15.2 Å². The predicted octanol–water partition coefficient (Wildman–Crippen LogP) is 3.62. The van der Waals surface area contributed by atoms with Crippen LogP contribution < -0.4 is 10.5 Å². The molecule has 0 atom stereocenters. The van der Waals surface area contributed by atoms with E-state index in [1.165, 1.54) is 13.3 Å². The highest BCUT2D eigenvalue weighted by Gasteiger charge is 2.14. The van der Waals surface area contributed by atoms with E-state index < -0.39 is 5.97 Å². The van der Waals surface area contributed by atoms with E-state index in [2.05, 4.69) is 25.7 Å². The average molecular weight is 351 g/mol. The molecular weight excluding hydrogens is 336 g/mol. The highest BCUT2D eigenvalue weighted by Crippen LogP contribution is 2.34. The largest absolute Gasteiger partial charge is 0.465 e. The number of carbonyl (C=O) groups is 1. The van der Waals surface area contributed by atoms with Crippen molar-refractivity contribution in [2.75, 3.05) is 12.8 Å². The van der Waals surface area contributed by atoms with Gasteiger partial charge in [-0.05, 0) is 47.5 Å². The van der Waals surface area contributed by atoms with Crippen molar-refractivity contribution in [3.8, 4) is 11.6 Å². The van der Waals surface area contributed by atoms with E-state index in [0.29, 0.717) is 27.4 Å². The van der Waals surface area contributed by atoms with Crippen LogP contribution in [0, 0.1) is 13.8 Å². The van der Waals surface area contributed by atoms with Gasteiger partial charge in [-0.25, -0.2) is 9.78 Å². The third-order valence-corrected chi connectivity index (χ3v) is 3.64. The van der Waals surface area contributed by atoms with Gasteiger partial charge in [0.05, 0.1) is 17.1 Å². The van der Waals surface area contributed by atoms with Crippen LogP contribution in [0.4, 0.5) is 5.69 Å². The summed E-state index contributed by atoms with van der Waals surface area (Å²) in [7, 11) is 1.32. The minimum Gasteiger partial charge on any atom is -0.465 e. The Balaban J connectivity index is 2.37. The fourth-order valence-corrected chi connectivity index (χ4v) is 2.26. The van der Waals surface area contributed by atoms with Crippen molar-refractivity contribution in [2.45, 2.75) is 13.8 Å². The van der Waals surface area contributed by atoms with Crippen molar-refractivity contribution in [2.24, 2.45) is 0 Å². The van der Waals surface area contributed by atoms with Crippen LogP contribution in [0.1, 0.15) is 21.5 Å². The fraction of sp³-hybridized carbons (Fsp3) is 0.200. The van der Waals surface area contributed by atoms with Crippen LogP contribution >= 0.6 is 15.9 Å². The summed E-state index contributed by atoms with van der Waals surface area (Å²) in [5.41, 5.74) is 8.68. The predicted molar refractivity (Wildman–Crippen MR) is 83.7 cm³/mol. The van der Waals surface area contributed by atoms with Gasteiger partial charge in [-0.2, -0.15) is 0 Å². The number of anilines is 1. The molecule has 21 heavy (non-hydrogen) atoms. The van der Waals surface area contributed by atoms with Gasteiger partial charge >= 0.3 is 5.97 Å². The standard InChI is InChI=1S/C15H15BrN2O3/c1-8-4-5-12(17)9(2)13(8)21-14-11(16)6-10(7-18-14)15(19)20-3/h4-7H,17H2,1-3H3. The molecule has 2 aromatic rings. The SMILES string of the molecule is COC(=O)c1cnc(Oc2c(C)ccc(N)c2C)c(Br)c1. The van der Waals surface area contributed by atoms with Crippen molar-refractivity contribution in [1.29, 1.82) is 0 Å². The smallest absolute Gasteiger partial charge is 0.339 e. The monoisotopic (exact) mass is 350 g/mol. The molecule has 5 nitrogen and oxygen atoms in total. The maximum Gasteiger partial charge on any atom is 0.339 e. The highest BCUT2D eigenvalue weighted by molar-refractivity contribution is 9.10. The topological polar surface area (TPSA) is 74.4 Å². The van der Waals surface area contributed by atoms with Crippen LogP contribution in [-0.4, -0.2) is 18.1 Å². The summed E-state index contributed by atoms with van der Waals surface area (Å²) in [6.07, 6.45) is 1.41. The lowest BCUT2D eigenvalue weighted by Gasteiger charge is -2.13. The molecule has 2 N–H and O–H groups in total. The van der Waals surface area contributed by atoms with Crippen molar-refractivity contribution in [1.82, 2.24) is 4.98 Å². The molecule has 0 fully saturated rings. The first kappa shape index (κ1) is 15.3. The summed E-state index contributed by atoms with van der Waals surface area (Å²) in [5, 5.41) is 0. The number of aryl methyl sites for hydroxylation is 1. The van der Waals surface area contributed by atoms with Gasteiger partial charge in [0.25, 0.3) is 0 Å². The summed E-state index contributed by atoms with van der Waals surface area (Å²) >= 11 is 3.34. The molecule has 0 amide bonds. The number of pyridine rings is 1. The van der Waals surface area contributed by atoms with Crippen LogP contribution in [0.25, 0.3) is 0 Å². The van der Waals surface area contributed by atoms with Gasteiger partial charge in [-0.1, -0.05) is 6.07 Å². The number of rotatable bonds is 3. The molecule has 1 heterocycles. The Hall–Kier alpha value is -2.08. The molecule has 0 spiro atoms. The zero-order chi connectivity index (χ0) is 15.6. The molecule has 6 heteroatoms. The molecule has 0 unspecified atom stereocenters. The van der Waals surface area contributed by atoms with Crippen molar-refractivity contribution >= 4 is 27.6 Å². The molecular formula is C15H15BrN2O3. The first-order valence-electron chi connectivity index (χ1n) is 6.21. The summed E-state index contributed by atoms with van der Waals surface area (Å²) in [6, 6.07) is 5.32. The lowest BCUT2D eigenvalue weighted by atomic mass is 10.1. The number of benzene rings is 1. The van der Waals surface area contributed by atoms with E-state index in [0.717, 1.165) is 11.1 Å². The number of carbonyl (C=O) groups excluding carboxylic acids is 1. The maximum absolute atomic E-state index is 11.4. The summed E-state index contributed by atoms with van der Waals surface area (Å²) < 4.78 is 11.0. The molecule has 110 valence electrons. The number of ether oxygens (including phenoxy) is 2. The quantitative estimate of drug-likeness (QED) is 0.675. The fourth-order valence-electron chi connectivity index (χ4n) is 1.83. The number of esters is 1. The first-order chi connectivity index (χ1) is 9.93. The number of methoxy groups -OCH3 is 1. The van der Waals surface area contributed by atoms with Gasteiger partial charge in [-0.15, -0.1) is 0 Å². The molecule has 0 radical (unpaired) electrons. The van der Waals surface area contributed by atoms with Gasteiger partial charge in [-0.3, -0.25) is 0 Å². The number of aromatic nitrogens is 1. The van der Waals surface area contributed by atoms with Crippen LogP contribution in [-0.2, 0) is 4.74 Å². The lowest BCUT2D eigenvalue weighted by Crippen LogP contribution is -2.03. The normalized spacial score (nSPS) is 10.3. The van der Waals surface area contributed by atoms with E-state index in [1.54, 1.807) is 6.07 Å². The number of hydrogen-bond donors (Lipinski definition) is 1. The number of halogens is 1. The van der Waals surface area contributed by atoms with E-state index in [1.807, 2.05) is 26.0 Å². The zero-order valence-corrected chi connectivity index (χ0v) is 13.5. The van der Waals surface area contributed by atoms with E-state index in [9.17, 15) is 4.79 Å². The number of nitrogens with two attached hydrogens (primary N) is 1. The average Bonchev–Trinajstić information content (AvgIpc) is 2.48. The zero-order valence-electron chi connectivity index (χ0n) is 11.9. The number of nitrogens with zero attached hydrogens (tertiary/aromatic N) is 1. The number of nitrogen functional groups attached to an aromatic ring is 1. The second kappa shape index (κ2) is 6.13. The summed E-state index contributed by atoms with van der Waals surface area (Å²) in [6.45, 7) is 3.81. The van der Waals surface area contributed by atoms with Gasteiger partial charge in [0.2, 0.25) is 5.88 Å². The Morgan fingerprint density at radius 3 is 2.67 bits per heavy atom. The van der Waals surface area contributed by atoms with E-state index in [-0.39, 0.29) is 0 Å². The van der Waals surface area contributed by atoms with Crippen LogP contribution in [0.2, 0.25) is 0 Å². The minimum atomic E-state index is -0.453. The Morgan fingerprint density at radius 2 is 2.05 bits per heavy atom. The van der Waals surface area contributed by atoms with Crippen molar-refractivity contribution in [3.05, 3.63) is 45.6 Å². The van der Waals surface area contributed by atoms with Crippen molar-refractivity contribution in [3.63, 3.8) is 0 Å². The minimum absolute atomic E-state index is 0.345. The molecule has 0 aliphatic rings. The Bertz CT molecular complexity index is 702. The van der Waals surface area contributed by atoms with Crippen LogP contribution in [0.15, 0.2) is 28.9 Å². The van der Waals surface area contributed by atoms with Crippen LogP contribution in [0.3, 0.4) is 0 Å². The van der Waals surface area contributed by atoms with Gasteiger partial charge in [0, 0.05) is 17.4 Å². The molecule has 0 aliphatic heterocycles. The second-order valence-electron chi connectivity index (χ2n) is 4.53. The van der Waals surface area contributed by atoms with Crippen molar-refractivity contribution < 1.29 is 14.3 Å². The second-order valence-corrected chi connectivity index (χ2v) is 5.38. The molecule has 1 aromatic heterocycles. The van der Waals surface area contributed by atoms with Gasteiger partial charge in [0.1, 0.15) is 5.75 Å². The molecule has 0 bridgehead atoms. The first-order valence-corrected chi connectivity index (χ1v) is 7.00. The Kier molecular flexibility index (Phi) is 4.47. The third kappa shape index (κ3) is 3.16. The third-order valence-electron chi connectivity index (χ3n) is 3.07. The van der Waals surface area contributed by atoms with E-state index in [4.69, 9.17) is 10.5 Å². The van der Waals surface area contributed by atoms with E-state index >= 15 is 0 Å². The molecule has 0 aliphatic carbocycles. The number of hydrogen-bond acceptors (Lipinski definition) is 5. The lowest BCUT2D eigenvalue weighted by molar-refractivity contribution is 0.0600. The Labute approximate surface area is 131 Å². The summed E-state index contributed by atoms with van der Waals surface area (Å²) in [5.74, 6) is 0.569. The molecule has 0 saturated carbocycles.